The summed E-state index contributed by atoms with van der Waals surface area (Å²) >= 11 is 0. The highest BCUT2D eigenvalue weighted by Gasteiger charge is 2.34. The van der Waals surface area contributed by atoms with Gasteiger partial charge in [-0.3, -0.25) is 28.8 Å². The zero-order valence-electron chi connectivity index (χ0n) is 36.2. The minimum atomic E-state index is -0.373. The van der Waals surface area contributed by atoms with Crippen LogP contribution in [0.15, 0.2) is 109 Å². The first kappa shape index (κ1) is 42.1. The number of carbonyl (C=O) groups is 4. The van der Waals surface area contributed by atoms with Crippen molar-refractivity contribution in [3.05, 3.63) is 143 Å². The molecule has 0 unspecified atom stereocenters. The predicted octanol–water partition coefficient (Wildman–Crippen LogP) is 7.10. The number of hydrogen-bond donors (Lipinski definition) is 2. The van der Waals surface area contributed by atoms with Crippen LogP contribution in [-0.4, -0.2) is 81.9 Å². The predicted molar refractivity (Wildman–Crippen MR) is 243 cm³/mol. The topological polar surface area (TPSA) is 153 Å². The number of ether oxygens (including phenoxy) is 2. The molecule has 4 aromatic carbocycles. The Morgan fingerprint density at radius 1 is 0.641 bits per heavy atom. The molecule has 2 aliphatic heterocycles. The summed E-state index contributed by atoms with van der Waals surface area (Å²) in [6, 6.07) is 33.0. The summed E-state index contributed by atoms with van der Waals surface area (Å²) in [4.78, 5) is 50.5. The maximum Gasteiger partial charge on any atom is 0.414 e. The molecule has 0 bridgehead atoms. The lowest BCUT2D eigenvalue weighted by atomic mass is 10.0. The quantitative estimate of drug-likeness (QED) is 0.148. The maximum absolute atomic E-state index is 12.5. The first-order chi connectivity index (χ1) is 31.1. The highest BCUT2D eigenvalue weighted by Crippen LogP contribution is 2.37. The molecule has 2 saturated heterocycles. The zero-order chi connectivity index (χ0) is 44.2. The van der Waals surface area contributed by atoms with Crippen molar-refractivity contribution in [2.24, 2.45) is 0 Å². The number of amides is 4. The van der Waals surface area contributed by atoms with Gasteiger partial charge in [0.1, 0.15) is 12.2 Å². The molecule has 328 valence electrons. The molecule has 2 aliphatic carbocycles. The average Bonchev–Trinajstić information content (AvgIpc) is 4.03. The Hall–Kier alpha value is -7.22. The Balaban J connectivity index is 0.000000162. The molecule has 4 aliphatic rings. The Labute approximate surface area is 372 Å². The molecular weight excluding hydrogens is 809 g/mol. The van der Waals surface area contributed by atoms with E-state index >= 15 is 0 Å². The molecule has 0 spiro atoms. The summed E-state index contributed by atoms with van der Waals surface area (Å²) in [5.41, 5.74) is 13.6. The van der Waals surface area contributed by atoms with E-state index in [4.69, 9.17) is 14.6 Å². The van der Waals surface area contributed by atoms with Gasteiger partial charge in [-0.1, -0.05) is 72.8 Å². The van der Waals surface area contributed by atoms with E-state index in [0.29, 0.717) is 26.2 Å². The molecule has 4 amide bonds. The maximum atomic E-state index is 12.5. The fraction of sp³-hybridized carbons (Fsp3) is 0.320. The smallest absolute Gasteiger partial charge is 0.414 e. The van der Waals surface area contributed by atoms with E-state index in [1.807, 2.05) is 59.4 Å². The third kappa shape index (κ3) is 9.41. The summed E-state index contributed by atoms with van der Waals surface area (Å²) in [6.45, 7) is 5.88. The molecule has 6 aromatic rings. The summed E-state index contributed by atoms with van der Waals surface area (Å²) in [5.74, 6) is -0.264. The molecule has 4 heterocycles. The number of cyclic esters (lactones) is 2. The van der Waals surface area contributed by atoms with Gasteiger partial charge < -0.3 is 20.1 Å². The van der Waals surface area contributed by atoms with Crippen LogP contribution in [0.25, 0.3) is 22.5 Å². The Bertz CT molecular complexity index is 2670. The van der Waals surface area contributed by atoms with Crippen molar-refractivity contribution in [1.82, 2.24) is 30.2 Å². The first-order valence-electron chi connectivity index (χ1n) is 22.1. The highest BCUT2D eigenvalue weighted by atomic mass is 16.6. The van der Waals surface area contributed by atoms with E-state index < -0.39 is 0 Å². The summed E-state index contributed by atoms with van der Waals surface area (Å²) in [7, 11) is 0. The second-order valence-corrected chi connectivity index (χ2v) is 16.8. The van der Waals surface area contributed by atoms with Crippen LogP contribution >= 0.6 is 0 Å². The van der Waals surface area contributed by atoms with Crippen LogP contribution in [0.4, 0.5) is 21.0 Å². The van der Waals surface area contributed by atoms with Gasteiger partial charge in [-0.25, -0.2) is 9.59 Å². The molecule has 2 N–H and O–H groups in total. The highest BCUT2D eigenvalue weighted by molar-refractivity contribution is 5.91. The lowest BCUT2D eigenvalue weighted by Crippen LogP contribution is -2.33. The number of anilines is 2. The second kappa shape index (κ2) is 18.6. The summed E-state index contributed by atoms with van der Waals surface area (Å²) in [6.07, 6.45) is 8.66. The standard InChI is InChI=1S/2C25H26N4O3/c1-17(30)26-14-22-16-28(25(31)32-22)21-10-11-23-19(12-21)8-5-9-20-13-27-29(24(20)23)15-18-6-3-2-4-7-18;1-17(30)26-13-22-16-29(25(31)32-22)21-10-11-23-19(12-21)8-5-9-20-15-28(27-24(20)23)14-18-6-3-2-4-7-18/h2-4,6-7,10-13,22H,5,8-9,14-16H2,1H3,(H,26,30);2-4,6-7,10-12,15,22H,5,8-9,13-14,16H2,1H3,(H,26,30)/t2*22-/m00/s1. The van der Waals surface area contributed by atoms with Crippen molar-refractivity contribution in [2.45, 2.75) is 77.7 Å². The van der Waals surface area contributed by atoms with Gasteiger partial charge >= 0.3 is 12.2 Å². The molecule has 14 nitrogen and oxygen atoms in total. The molecule has 64 heavy (non-hydrogen) atoms. The average molecular weight is 861 g/mol. The largest absolute Gasteiger partial charge is 0.442 e. The van der Waals surface area contributed by atoms with E-state index in [-0.39, 0.29) is 36.2 Å². The van der Waals surface area contributed by atoms with Gasteiger partial charge in [0.25, 0.3) is 0 Å². The fourth-order valence-electron chi connectivity index (χ4n) is 9.02. The van der Waals surface area contributed by atoms with Crippen LogP contribution in [0.1, 0.15) is 60.1 Å². The second-order valence-electron chi connectivity index (χ2n) is 16.8. The Morgan fingerprint density at radius 3 is 1.73 bits per heavy atom. The number of rotatable bonds is 10. The number of hydrogen-bond acceptors (Lipinski definition) is 8. The van der Waals surface area contributed by atoms with Crippen molar-refractivity contribution in [1.29, 1.82) is 0 Å². The minimum Gasteiger partial charge on any atom is -0.442 e. The lowest BCUT2D eigenvalue weighted by Gasteiger charge is -2.17. The Morgan fingerprint density at radius 2 is 1.16 bits per heavy atom. The van der Waals surface area contributed by atoms with Crippen LogP contribution in [-0.2, 0) is 57.8 Å². The minimum absolute atomic E-state index is 0.132. The van der Waals surface area contributed by atoms with E-state index in [1.54, 1.807) is 9.80 Å². The molecule has 0 saturated carbocycles. The number of benzene rings is 4. The van der Waals surface area contributed by atoms with Crippen LogP contribution in [0.5, 0.6) is 0 Å². The first-order valence-corrected chi connectivity index (χ1v) is 22.1. The van der Waals surface area contributed by atoms with Gasteiger partial charge in [-0.05, 0) is 96.2 Å². The number of aryl methyl sites for hydroxylation is 4. The number of aromatic nitrogens is 4. The molecule has 2 aromatic heterocycles. The van der Waals surface area contributed by atoms with Crippen LogP contribution < -0.4 is 20.4 Å². The SMILES string of the molecule is CC(=O)NC[C@H]1CN(c2ccc3c(c2)CCCc2cn(Cc4ccccc4)nc2-3)C(=O)O1.CC(=O)NC[C@H]1CN(c2ccc3c(c2)CCCc2cnn(Cc4ccccc4)c2-3)C(=O)O1. The van der Waals surface area contributed by atoms with Crippen LogP contribution in [0.2, 0.25) is 0 Å². The van der Waals surface area contributed by atoms with Crippen molar-refractivity contribution in [3.63, 3.8) is 0 Å². The van der Waals surface area contributed by atoms with Crippen molar-refractivity contribution >= 4 is 35.4 Å². The van der Waals surface area contributed by atoms with Crippen LogP contribution in [0, 0.1) is 0 Å². The molecule has 2 atom stereocenters. The number of nitrogens with one attached hydrogen (secondary N) is 2. The fourth-order valence-corrected chi connectivity index (χ4v) is 9.02. The van der Waals surface area contributed by atoms with Crippen LogP contribution in [0.3, 0.4) is 0 Å². The molecule has 10 rings (SSSR count). The van der Waals surface area contributed by atoms with E-state index in [1.165, 1.54) is 58.5 Å². The lowest BCUT2D eigenvalue weighted by molar-refractivity contribution is -0.120. The normalized spacial score (nSPS) is 17.3. The monoisotopic (exact) mass is 860 g/mol. The number of nitrogens with zero attached hydrogens (tertiary/aromatic N) is 6. The van der Waals surface area contributed by atoms with Gasteiger partial charge in [-0.15, -0.1) is 0 Å². The van der Waals surface area contributed by atoms with Crippen molar-refractivity contribution < 1.29 is 28.7 Å². The number of fused-ring (bicyclic) bond motifs is 6. The summed E-state index contributed by atoms with van der Waals surface area (Å²) in [5, 5.41) is 15.0. The van der Waals surface area contributed by atoms with Crippen molar-refractivity contribution in [2.75, 3.05) is 36.0 Å². The third-order valence-electron chi connectivity index (χ3n) is 12.1. The Kier molecular flexibility index (Phi) is 12.3. The molecule has 0 radical (unpaired) electrons. The zero-order valence-corrected chi connectivity index (χ0v) is 36.2. The third-order valence-corrected chi connectivity index (χ3v) is 12.1. The molecule has 2 fully saturated rings. The summed E-state index contributed by atoms with van der Waals surface area (Å²) < 4.78 is 15.0. The van der Waals surface area contributed by atoms with E-state index in [9.17, 15) is 19.2 Å². The van der Waals surface area contributed by atoms with Gasteiger partial charge in [0, 0.05) is 42.5 Å². The van der Waals surface area contributed by atoms with Gasteiger partial charge in [0.15, 0.2) is 0 Å². The molecule has 14 heteroatoms. The van der Waals surface area contributed by atoms with Crippen molar-refractivity contribution in [3.8, 4) is 22.5 Å². The van der Waals surface area contributed by atoms with E-state index in [2.05, 4.69) is 75.1 Å². The number of carbonyl (C=O) groups excluding carboxylic acids is 4. The van der Waals surface area contributed by atoms with Gasteiger partial charge in [0.2, 0.25) is 11.8 Å². The van der Waals surface area contributed by atoms with E-state index in [0.717, 1.165) is 74.2 Å². The molecular formula is C50H52N8O6. The van der Waals surface area contributed by atoms with Gasteiger partial charge in [0.05, 0.1) is 56.9 Å². The van der Waals surface area contributed by atoms with Gasteiger partial charge in [-0.2, -0.15) is 10.2 Å².